The normalized spacial score (nSPS) is 17.9. The highest BCUT2D eigenvalue weighted by molar-refractivity contribution is 5.88. The van der Waals surface area contributed by atoms with Crippen LogP contribution in [0.4, 0.5) is 4.39 Å². The molecule has 1 amide bonds. The summed E-state index contributed by atoms with van der Waals surface area (Å²) in [7, 11) is 0. The van der Waals surface area contributed by atoms with E-state index in [-0.39, 0.29) is 30.2 Å². The van der Waals surface area contributed by atoms with Gasteiger partial charge in [-0.25, -0.2) is 4.39 Å². The van der Waals surface area contributed by atoms with Gasteiger partial charge in [0.25, 0.3) is 0 Å². The molecular weight excluding hydrogens is 315 g/mol. The number of carbonyl (C=O) groups excluding carboxylic acids is 1. The third-order valence-corrected chi connectivity index (χ3v) is 4.64. The molecule has 5 heteroatoms. The van der Waals surface area contributed by atoms with E-state index in [1.165, 1.54) is 12.1 Å². The van der Waals surface area contributed by atoms with E-state index >= 15 is 0 Å². The van der Waals surface area contributed by atoms with Gasteiger partial charge < -0.3 is 10.6 Å². The Morgan fingerprint density at radius 2 is 2.00 bits per heavy atom. The van der Waals surface area contributed by atoms with Crippen molar-refractivity contribution in [2.24, 2.45) is 0 Å². The summed E-state index contributed by atoms with van der Waals surface area (Å²) in [5.74, 6) is -0.223. The maximum Gasteiger partial charge on any atom is 0.230 e. The minimum absolute atomic E-state index is 0. The van der Waals surface area contributed by atoms with Gasteiger partial charge in [0, 0.05) is 12.6 Å². The van der Waals surface area contributed by atoms with Crippen molar-refractivity contribution >= 4 is 18.3 Å². The van der Waals surface area contributed by atoms with Crippen LogP contribution in [-0.4, -0.2) is 25.0 Å². The quantitative estimate of drug-likeness (QED) is 0.830. The summed E-state index contributed by atoms with van der Waals surface area (Å²) in [5, 5.41) is 6.36. The van der Waals surface area contributed by atoms with E-state index in [0.29, 0.717) is 6.54 Å². The number of benzene rings is 1. The minimum atomic E-state index is -0.563. The van der Waals surface area contributed by atoms with Crippen molar-refractivity contribution in [1.29, 1.82) is 0 Å². The third-order valence-electron chi connectivity index (χ3n) is 4.64. The van der Waals surface area contributed by atoms with Gasteiger partial charge in [0.2, 0.25) is 5.91 Å². The summed E-state index contributed by atoms with van der Waals surface area (Å²) in [6.07, 6.45) is 4.80. The fourth-order valence-corrected chi connectivity index (χ4v) is 3.42. The van der Waals surface area contributed by atoms with Gasteiger partial charge in [-0.2, -0.15) is 0 Å². The lowest BCUT2D eigenvalue weighted by Crippen LogP contribution is -2.49. The smallest absolute Gasteiger partial charge is 0.230 e. The second-order valence-electron chi connectivity index (χ2n) is 6.32. The molecule has 1 aliphatic carbocycles. The Labute approximate surface area is 144 Å². The molecule has 0 heterocycles. The fourth-order valence-electron chi connectivity index (χ4n) is 3.42. The third kappa shape index (κ3) is 4.92. The molecule has 1 aromatic rings. The molecule has 1 fully saturated rings. The number of carbonyl (C=O) groups is 1. The van der Waals surface area contributed by atoms with Crippen LogP contribution in [0.2, 0.25) is 0 Å². The summed E-state index contributed by atoms with van der Waals surface area (Å²) in [4.78, 5) is 12.9. The lowest BCUT2D eigenvalue weighted by molar-refractivity contribution is -0.128. The Kier molecular flexibility index (Phi) is 8.00. The maximum atomic E-state index is 13.6. The van der Waals surface area contributed by atoms with Crippen molar-refractivity contribution < 1.29 is 9.18 Å². The van der Waals surface area contributed by atoms with Gasteiger partial charge in [0.15, 0.2) is 0 Å². The molecule has 0 aromatic heterocycles. The first kappa shape index (κ1) is 19.9. The van der Waals surface area contributed by atoms with E-state index in [0.717, 1.165) is 44.2 Å². The monoisotopic (exact) mass is 342 g/mol. The SMILES string of the molecule is CCN[C@H](C)CNC(=O)C1(c2cccc(F)c2)CCCCC1.Cl. The maximum absolute atomic E-state index is 13.6. The zero-order valence-electron chi connectivity index (χ0n) is 14.0. The Morgan fingerprint density at radius 3 is 2.61 bits per heavy atom. The van der Waals surface area contributed by atoms with Crippen LogP contribution in [-0.2, 0) is 10.2 Å². The van der Waals surface area contributed by atoms with Gasteiger partial charge in [-0.05, 0) is 44.0 Å². The standard InChI is InChI=1S/C18H27FN2O.ClH/c1-3-20-14(2)13-21-17(22)18(10-5-4-6-11-18)15-8-7-9-16(19)12-15;/h7-9,12,14,20H,3-6,10-11,13H2,1-2H3,(H,21,22);1H/t14-;/m1./s1. The molecule has 0 radical (unpaired) electrons. The summed E-state index contributed by atoms with van der Waals surface area (Å²) in [6.45, 7) is 5.59. The van der Waals surface area contributed by atoms with Gasteiger partial charge >= 0.3 is 0 Å². The molecule has 23 heavy (non-hydrogen) atoms. The summed E-state index contributed by atoms with van der Waals surface area (Å²) >= 11 is 0. The van der Waals surface area contributed by atoms with Gasteiger partial charge in [-0.15, -0.1) is 12.4 Å². The molecule has 0 unspecified atom stereocenters. The first-order valence-electron chi connectivity index (χ1n) is 8.36. The summed E-state index contributed by atoms with van der Waals surface area (Å²) < 4.78 is 13.6. The molecule has 0 saturated heterocycles. The highest BCUT2D eigenvalue weighted by Gasteiger charge is 2.41. The topological polar surface area (TPSA) is 41.1 Å². The van der Waals surface area contributed by atoms with Crippen LogP contribution < -0.4 is 10.6 Å². The second-order valence-corrected chi connectivity index (χ2v) is 6.32. The fraction of sp³-hybridized carbons (Fsp3) is 0.611. The number of amides is 1. The van der Waals surface area contributed by atoms with Crippen molar-refractivity contribution in [1.82, 2.24) is 10.6 Å². The second kappa shape index (κ2) is 9.24. The van der Waals surface area contributed by atoms with Crippen LogP contribution in [0.25, 0.3) is 0 Å². The molecule has 0 aliphatic heterocycles. The Bertz CT molecular complexity index is 504. The molecule has 0 spiro atoms. The van der Waals surface area contributed by atoms with Gasteiger partial charge in [-0.1, -0.05) is 38.3 Å². The number of rotatable bonds is 6. The molecular formula is C18H28ClFN2O. The van der Waals surface area contributed by atoms with Gasteiger partial charge in [-0.3, -0.25) is 4.79 Å². The van der Waals surface area contributed by atoms with Crippen molar-refractivity contribution in [3.8, 4) is 0 Å². The molecule has 2 N–H and O–H groups in total. The van der Waals surface area contributed by atoms with Crippen LogP contribution in [0.1, 0.15) is 51.5 Å². The first-order chi connectivity index (χ1) is 10.6. The average molecular weight is 343 g/mol. The van der Waals surface area contributed by atoms with Crippen molar-refractivity contribution in [3.05, 3.63) is 35.6 Å². The zero-order chi connectivity index (χ0) is 16.0. The largest absolute Gasteiger partial charge is 0.354 e. The first-order valence-corrected chi connectivity index (χ1v) is 8.36. The predicted molar refractivity (Wildman–Crippen MR) is 94.6 cm³/mol. The zero-order valence-corrected chi connectivity index (χ0v) is 14.8. The molecule has 0 bridgehead atoms. The number of halogens is 2. The van der Waals surface area contributed by atoms with Crippen LogP contribution in [0.5, 0.6) is 0 Å². The van der Waals surface area contributed by atoms with Gasteiger partial charge in [0.05, 0.1) is 5.41 Å². The molecule has 2 rings (SSSR count). The van der Waals surface area contributed by atoms with E-state index in [1.807, 2.05) is 13.0 Å². The lowest BCUT2D eigenvalue weighted by Gasteiger charge is -2.36. The Balaban J connectivity index is 0.00000264. The van der Waals surface area contributed by atoms with E-state index in [9.17, 15) is 9.18 Å². The van der Waals surface area contributed by atoms with E-state index in [1.54, 1.807) is 6.07 Å². The summed E-state index contributed by atoms with van der Waals surface area (Å²) in [6, 6.07) is 6.79. The minimum Gasteiger partial charge on any atom is -0.354 e. The van der Waals surface area contributed by atoms with Crippen LogP contribution in [0, 0.1) is 5.82 Å². The lowest BCUT2D eigenvalue weighted by atomic mass is 9.68. The number of likely N-dealkylation sites (N-methyl/N-ethyl adjacent to an activating group) is 1. The van der Waals surface area contributed by atoms with Crippen LogP contribution in [0.3, 0.4) is 0 Å². The highest BCUT2D eigenvalue weighted by Crippen LogP contribution is 2.39. The molecule has 1 saturated carbocycles. The number of nitrogens with one attached hydrogen (secondary N) is 2. The number of hydrogen-bond acceptors (Lipinski definition) is 2. The van der Waals surface area contributed by atoms with E-state index in [2.05, 4.69) is 17.6 Å². The van der Waals surface area contributed by atoms with Crippen LogP contribution >= 0.6 is 12.4 Å². The predicted octanol–water partition coefficient (Wildman–Crippen LogP) is 3.56. The average Bonchev–Trinajstić information content (AvgIpc) is 2.53. The van der Waals surface area contributed by atoms with E-state index < -0.39 is 5.41 Å². The summed E-state index contributed by atoms with van der Waals surface area (Å²) in [5.41, 5.74) is 0.257. The van der Waals surface area contributed by atoms with E-state index in [4.69, 9.17) is 0 Å². The van der Waals surface area contributed by atoms with Gasteiger partial charge in [0.1, 0.15) is 5.82 Å². The molecule has 1 aromatic carbocycles. The number of hydrogen-bond donors (Lipinski definition) is 2. The Morgan fingerprint density at radius 1 is 1.30 bits per heavy atom. The molecule has 1 aliphatic rings. The molecule has 1 atom stereocenters. The van der Waals surface area contributed by atoms with Crippen molar-refractivity contribution in [2.45, 2.75) is 57.4 Å². The molecule has 130 valence electrons. The molecule has 3 nitrogen and oxygen atoms in total. The van der Waals surface area contributed by atoms with Crippen molar-refractivity contribution in [3.63, 3.8) is 0 Å². The van der Waals surface area contributed by atoms with Crippen molar-refractivity contribution in [2.75, 3.05) is 13.1 Å². The van der Waals surface area contributed by atoms with Crippen LogP contribution in [0.15, 0.2) is 24.3 Å². The highest BCUT2D eigenvalue weighted by atomic mass is 35.5. The Hall–Kier alpha value is -1.13.